The fourth-order valence-electron chi connectivity index (χ4n) is 3.61. The van der Waals surface area contributed by atoms with Gasteiger partial charge in [0.2, 0.25) is 11.8 Å². The molecule has 1 aromatic rings. The number of carbonyl (C=O) groups excluding carboxylic acids is 2. The number of piperazine rings is 1. The molecule has 142 valence electrons. The Kier molecular flexibility index (Phi) is 6.21. The van der Waals surface area contributed by atoms with E-state index in [2.05, 4.69) is 20.9 Å². The molecule has 0 N–H and O–H groups in total. The highest BCUT2D eigenvalue weighted by Gasteiger charge is 2.37. The van der Waals surface area contributed by atoms with Crippen molar-refractivity contribution < 1.29 is 9.59 Å². The molecule has 3 rings (SSSR count). The van der Waals surface area contributed by atoms with Crippen LogP contribution in [0.5, 0.6) is 0 Å². The van der Waals surface area contributed by atoms with Crippen LogP contribution in [0.3, 0.4) is 0 Å². The molecule has 2 saturated heterocycles. The molecule has 2 aliphatic rings. The molecule has 1 atom stereocenters. The molecule has 2 aliphatic heterocycles. The van der Waals surface area contributed by atoms with Crippen molar-refractivity contribution in [2.24, 2.45) is 5.92 Å². The van der Waals surface area contributed by atoms with Crippen molar-refractivity contribution in [3.05, 3.63) is 30.1 Å². The summed E-state index contributed by atoms with van der Waals surface area (Å²) in [5.41, 5.74) is 1.20. The number of carbonyl (C=O) groups is 2. The predicted octanol–water partition coefficient (Wildman–Crippen LogP) is 0.136. The van der Waals surface area contributed by atoms with Gasteiger partial charge in [-0.15, -0.1) is 0 Å². The van der Waals surface area contributed by atoms with Crippen LogP contribution in [0.15, 0.2) is 24.5 Å². The second-order valence-electron chi connectivity index (χ2n) is 7.51. The first kappa shape index (κ1) is 18.8. The number of nitrogens with zero attached hydrogens (tertiary/aromatic N) is 5. The Balaban J connectivity index is 1.46. The van der Waals surface area contributed by atoms with Gasteiger partial charge in [-0.25, -0.2) is 0 Å². The average Bonchev–Trinajstić information content (AvgIpc) is 3.02. The lowest BCUT2D eigenvalue weighted by Gasteiger charge is -2.35. The van der Waals surface area contributed by atoms with Crippen molar-refractivity contribution in [2.45, 2.75) is 13.0 Å². The standard InChI is InChI=1S/C19H29N5O2/c1-21(2)6-9-24-15-17(12-18(24)25)19(26)23-10-7-22(8-11-23)14-16-4-3-5-20-13-16/h3-5,13,17H,6-12,14-15H2,1-2H3. The molecule has 1 aromatic heterocycles. The first-order valence-electron chi connectivity index (χ1n) is 9.35. The predicted molar refractivity (Wildman–Crippen MR) is 99.3 cm³/mol. The van der Waals surface area contributed by atoms with Crippen LogP contribution in [0.1, 0.15) is 12.0 Å². The molecule has 0 radical (unpaired) electrons. The van der Waals surface area contributed by atoms with Crippen LogP contribution in [-0.2, 0) is 16.1 Å². The number of likely N-dealkylation sites (N-methyl/N-ethyl adjacent to an activating group) is 1. The molecule has 0 aromatic carbocycles. The smallest absolute Gasteiger partial charge is 0.228 e. The van der Waals surface area contributed by atoms with E-state index in [9.17, 15) is 9.59 Å². The van der Waals surface area contributed by atoms with Crippen molar-refractivity contribution in [3.8, 4) is 0 Å². The Morgan fingerprint density at radius 1 is 1.27 bits per heavy atom. The Labute approximate surface area is 155 Å². The third kappa shape index (κ3) is 4.80. The van der Waals surface area contributed by atoms with E-state index in [0.29, 0.717) is 19.5 Å². The van der Waals surface area contributed by atoms with Crippen LogP contribution < -0.4 is 0 Å². The number of aromatic nitrogens is 1. The van der Waals surface area contributed by atoms with Crippen LogP contribution in [0, 0.1) is 5.92 Å². The van der Waals surface area contributed by atoms with E-state index in [1.54, 1.807) is 6.20 Å². The van der Waals surface area contributed by atoms with Gasteiger partial charge < -0.3 is 14.7 Å². The maximum absolute atomic E-state index is 12.8. The second-order valence-corrected chi connectivity index (χ2v) is 7.51. The number of hydrogen-bond donors (Lipinski definition) is 0. The fourth-order valence-corrected chi connectivity index (χ4v) is 3.61. The summed E-state index contributed by atoms with van der Waals surface area (Å²) in [6, 6.07) is 4.03. The Hall–Kier alpha value is -1.99. The van der Waals surface area contributed by atoms with Crippen molar-refractivity contribution >= 4 is 11.8 Å². The molecule has 26 heavy (non-hydrogen) atoms. The van der Waals surface area contributed by atoms with E-state index >= 15 is 0 Å². The van der Waals surface area contributed by atoms with Gasteiger partial charge in [0.1, 0.15) is 0 Å². The van der Waals surface area contributed by atoms with Crippen LogP contribution in [0.2, 0.25) is 0 Å². The summed E-state index contributed by atoms with van der Waals surface area (Å²) in [4.78, 5) is 37.3. The lowest BCUT2D eigenvalue weighted by atomic mass is 10.1. The van der Waals surface area contributed by atoms with Gasteiger partial charge in [0, 0.05) is 71.2 Å². The minimum absolute atomic E-state index is 0.111. The number of likely N-dealkylation sites (tertiary alicyclic amines) is 1. The molecule has 0 aliphatic carbocycles. The van der Waals surface area contributed by atoms with Crippen LogP contribution in [0.25, 0.3) is 0 Å². The molecule has 2 fully saturated rings. The van der Waals surface area contributed by atoms with E-state index < -0.39 is 0 Å². The Bertz CT molecular complexity index is 614. The molecule has 7 heteroatoms. The fraction of sp³-hybridized carbons (Fsp3) is 0.632. The average molecular weight is 359 g/mol. The van der Waals surface area contributed by atoms with Gasteiger partial charge in [0.05, 0.1) is 5.92 Å². The molecule has 7 nitrogen and oxygen atoms in total. The monoisotopic (exact) mass is 359 g/mol. The molecule has 0 bridgehead atoms. The third-order valence-corrected chi connectivity index (χ3v) is 5.19. The zero-order valence-corrected chi connectivity index (χ0v) is 15.8. The number of rotatable bonds is 6. The summed E-state index contributed by atoms with van der Waals surface area (Å²) in [6.45, 7) is 6.19. The molecule has 0 saturated carbocycles. The Morgan fingerprint density at radius 2 is 2.04 bits per heavy atom. The van der Waals surface area contributed by atoms with E-state index in [-0.39, 0.29) is 17.7 Å². The summed E-state index contributed by atoms with van der Waals surface area (Å²) in [5.74, 6) is 0.0849. The SMILES string of the molecule is CN(C)CCN1CC(C(=O)N2CCN(Cc3cccnc3)CC2)CC1=O. The van der Waals surface area contributed by atoms with E-state index in [0.717, 1.165) is 39.3 Å². The van der Waals surface area contributed by atoms with Crippen molar-refractivity contribution in [1.29, 1.82) is 0 Å². The summed E-state index contributed by atoms with van der Waals surface area (Å²) in [5, 5.41) is 0. The molecule has 0 spiro atoms. The largest absolute Gasteiger partial charge is 0.341 e. The third-order valence-electron chi connectivity index (χ3n) is 5.19. The van der Waals surface area contributed by atoms with Gasteiger partial charge >= 0.3 is 0 Å². The second kappa shape index (κ2) is 8.60. The lowest BCUT2D eigenvalue weighted by molar-refractivity contribution is -0.137. The molecule has 2 amide bonds. The number of pyridine rings is 1. The number of amides is 2. The quantitative estimate of drug-likeness (QED) is 0.723. The molecule has 1 unspecified atom stereocenters. The topological polar surface area (TPSA) is 60.0 Å². The van der Waals surface area contributed by atoms with Crippen molar-refractivity contribution in [3.63, 3.8) is 0 Å². The van der Waals surface area contributed by atoms with E-state index in [4.69, 9.17) is 0 Å². The zero-order valence-electron chi connectivity index (χ0n) is 15.8. The highest BCUT2D eigenvalue weighted by Crippen LogP contribution is 2.21. The summed E-state index contributed by atoms with van der Waals surface area (Å²) in [6.07, 6.45) is 4.04. The first-order chi connectivity index (χ1) is 12.5. The zero-order chi connectivity index (χ0) is 18.5. The minimum Gasteiger partial charge on any atom is -0.341 e. The van der Waals surface area contributed by atoms with Gasteiger partial charge in [-0.1, -0.05) is 6.07 Å². The summed E-state index contributed by atoms with van der Waals surface area (Å²) < 4.78 is 0. The molecule has 3 heterocycles. The maximum atomic E-state index is 12.8. The van der Waals surface area contributed by atoms with Gasteiger partial charge in [0.25, 0.3) is 0 Å². The maximum Gasteiger partial charge on any atom is 0.228 e. The summed E-state index contributed by atoms with van der Waals surface area (Å²) >= 11 is 0. The van der Waals surface area contributed by atoms with E-state index in [1.807, 2.05) is 36.2 Å². The molecular formula is C19H29N5O2. The van der Waals surface area contributed by atoms with Gasteiger partial charge in [-0.3, -0.25) is 19.5 Å². The summed E-state index contributed by atoms with van der Waals surface area (Å²) in [7, 11) is 3.99. The minimum atomic E-state index is -0.172. The molecular weight excluding hydrogens is 330 g/mol. The highest BCUT2D eigenvalue weighted by atomic mass is 16.2. The van der Waals surface area contributed by atoms with Crippen molar-refractivity contribution in [2.75, 3.05) is 59.9 Å². The first-order valence-corrected chi connectivity index (χ1v) is 9.35. The van der Waals surface area contributed by atoms with Crippen molar-refractivity contribution in [1.82, 2.24) is 24.6 Å². The van der Waals surface area contributed by atoms with Gasteiger partial charge in [-0.05, 0) is 25.7 Å². The van der Waals surface area contributed by atoms with Crippen LogP contribution in [0.4, 0.5) is 0 Å². The van der Waals surface area contributed by atoms with Gasteiger partial charge in [0.15, 0.2) is 0 Å². The lowest BCUT2D eigenvalue weighted by Crippen LogP contribution is -2.50. The van der Waals surface area contributed by atoms with Gasteiger partial charge in [-0.2, -0.15) is 0 Å². The van der Waals surface area contributed by atoms with Crippen LogP contribution >= 0.6 is 0 Å². The normalized spacial score (nSPS) is 21.7. The number of hydrogen-bond acceptors (Lipinski definition) is 5. The Morgan fingerprint density at radius 3 is 2.69 bits per heavy atom. The highest BCUT2D eigenvalue weighted by molar-refractivity contribution is 5.89. The van der Waals surface area contributed by atoms with Crippen LogP contribution in [-0.4, -0.2) is 96.3 Å². The van der Waals surface area contributed by atoms with E-state index in [1.165, 1.54) is 5.56 Å².